The summed E-state index contributed by atoms with van der Waals surface area (Å²) in [7, 11) is 5.39. The molecule has 2 amide bonds. The number of hydrogen-bond acceptors (Lipinski definition) is 6. The van der Waals surface area contributed by atoms with Crippen LogP contribution in [0.4, 0.5) is 22.7 Å². The number of aliphatic hydroxyl groups excluding tert-OH is 1. The third-order valence-electron chi connectivity index (χ3n) is 12.1. The molecule has 12 heteroatoms. The normalized spacial score (nSPS) is 17.1. The molecule has 2 radical (unpaired) electrons. The Kier molecular flexibility index (Phi) is 12.5. The first-order valence-corrected chi connectivity index (χ1v) is 19.2. The number of nitrogens with zero attached hydrogens (tertiary/aromatic N) is 4. The zero-order valence-electron chi connectivity index (χ0n) is 34.1. The Morgan fingerprint density at radius 3 is 1.63 bits per heavy atom. The molecule has 0 spiro atoms. The van der Waals surface area contributed by atoms with Crippen molar-refractivity contribution in [3.8, 4) is 17.2 Å². The van der Waals surface area contributed by atoms with E-state index in [9.17, 15) is 14.7 Å². The van der Waals surface area contributed by atoms with Crippen molar-refractivity contribution in [1.82, 2.24) is 0 Å². The zero-order valence-corrected chi connectivity index (χ0v) is 39.8. The van der Waals surface area contributed by atoms with Crippen molar-refractivity contribution in [3.63, 3.8) is 0 Å². The van der Waals surface area contributed by atoms with Crippen molar-refractivity contribution in [2.24, 2.45) is 0 Å². The monoisotopic (exact) mass is 938 g/mol. The van der Waals surface area contributed by atoms with Crippen LogP contribution in [0.1, 0.15) is 65.2 Å². The Labute approximate surface area is 395 Å². The summed E-state index contributed by atoms with van der Waals surface area (Å²) in [6.45, 7) is 6.46. The molecule has 5 aromatic rings. The van der Waals surface area contributed by atoms with E-state index in [1.54, 1.807) is 24.1 Å². The molecular formula is C47H44N4O6Y2. The topological polar surface area (TPSA) is 94.6 Å². The number of carbonyl (C=O) groups is 2. The smallest absolute Gasteiger partial charge is 0.246 e. The van der Waals surface area contributed by atoms with Crippen LogP contribution in [0.25, 0.3) is 0 Å². The Bertz CT molecular complexity index is 2430. The van der Waals surface area contributed by atoms with Crippen molar-refractivity contribution in [1.29, 1.82) is 0 Å². The maximum atomic E-state index is 14.1. The van der Waals surface area contributed by atoms with Gasteiger partial charge < -0.3 is 38.3 Å². The number of carbonyl (C=O) groups excluding carboxylic acids is 2. The number of aliphatic hydroxyl groups is 1. The molecule has 0 saturated heterocycles. The number of methoxy groups -OCH3 is 1. The number of benzene rings is 5. The predicted octanol–water partition coefficient (Wildman–Crippen LogP) is 6.88. The average molecular weight is 939 g/mol. The van der Waals surface area contributed by atoms with Crippen LogP contribution in [0.3, 0.4) is 0 Å². The van der Waals surface area contributed by atoms with Gasteiger partial charge in [-0.3, -0.25) is 9.59 Å². The molecule has 0 saturated carbocycles. The van der Waals surface area contributed by atoms with Crippen LogP contribution in [0, 0.1) is 20.8 Å². The second-order valence-corrected chi connectivity index (χ2v) is 15.2. The minimum atomic E-state index is -0.289. The largest absolute Gasteiger partial charge is 0.493 e. The zero-order chi connectivity index (χ0) is 39.7. The summed E-state index contributed by atoms with van der Waals surface area (Å²) in [5.41, 5.74) is 12.2. The quantitative estimate of drug-likeness (QED) is 0.135. The summed E-state index contributed by atoms with van der Waals surface area (Å²) >= 11 is 0. The number of rotatable bonds is 8. The third kappa shape index (κ3) is 7.43. The molecular weight excluding hydrogens is 894 g/mol. The molecule has 1 N–H and O–H groups in total. The molecule has 0 aromatic heterocycles. The Morgan fingerprint density at radius 1 is 0.644 bits per heavy atom. The number of fused-ring (bicyclic) bond motifs is 8. The van der Waals surface area contributed by atoms with Gasteiger partial charge in [-0.15, -0.1) is 0 Å². The van der Waals surface area contributed by atoms with E-state index in [4.69, 9.17) is 14.2 Å². The molecule has 4 aliphatic heterocycles. The van der Waals surface area contributed by atoms with Gasteiger partial charge in [0.25, 0.3) is 0 Å². The summed E-state index contributed by atoms with van der Waals surface area (Å²) in [5, 5.41) is 10.5. The first-order chi connectivity index (χ1) is 27.6. The van der Waals surface area contributed by atoms with E-state index in [1.807, 2.05) is 76.7 Å². The third-order valence-corrected chi connectivity index (χ3v) is 12.1. The molecule has 10 nitrogen and oxygen atoms in total. The summed E-state index contributed by atoms with van der Waals surface area (Å²) in [5.74, 6) is 1.26. The SMILES string of the molecule is COc1cc2c(cc1OCc1cc(COc3cc4c(cc3CO)C(=O)N3c5ccccc5C[C@H]3[C-]=[N+]4C)c(C)c(C)c1C)[N+](C)=[C-][C@@H]1Cc3ccccc3N1C2=O.[Y].[Y]. The van der Waals surface area contributed by atoms with Gasteiger partial charge in [-0.2, -0.15) is 0 Å². The van der Waals surface area contributed by atoms with E-state index in [-0.39, 0.29) is 109 Å². The fraction of sp³-hybridized carbons (Fsp3) is 0.277. The van der Waals surface area contributed by atoms with Crippen LogP contribution >= 0.6 is 0 Å². The molecule has 5 aromatic carbocycles. The standard InChI is InChI=1S/C47H44N4O6.2Y/c1-27-28(2)33(25-56-43-20-41-37(18-32(43)24-52)46(53)50-35(22-48(41)4)16-30-11-7-9-13-39(30)50)15-34(29(27)3)26-57-45-21-42-38(19-44(45)55-6)47(54)51-36(23-49(42)5)17-31-12-8-10-14-40(31)51;;/h7-15,18-21,35-36,52H,16-17,24-26H2,1-6H3;;/t35-,36-;;/m0../s1. The first kappa shape index (κ1) is 43.1. The fourth-order valence-electron chi connectivity index (χ4n) is 8.72. The van der Waals surface area contributed by atoms with E-state index in [2.05, 4.69) is 51.4 Å². The number of amides is 2. The van der Waals surface area contributed by atoms with Crippen molar-refractivity contribution < 1.29 is 103 Å². The van der Waals surface area contributed by atoms with Crippen LogP contribution < -0.4 is 24.0 Å². The molecule has 4 aliphatic rings. The number of ether oxygens (including phenoxy) is 3. The van der Waals surface area contributed by atoms with Crippen LogP contribution in [0.15, 0.2) is 78.9 Å². The fourth-order valence-corrected chi connectivity index (χ4v) is 8.72. The van der Waals surface area contributed by atoms with E-state index >= 15 is 0 Å². The van der Waals surface area contributed by atoms with Crippen molar-refractivity contribution in [2.45, 2.75) is 65.5 Å². The summed E-state index contributed by atoms with van der Waals surface area (Å²) in [4.78, 5) is 31.7. The predicted molar refractivity (Wildman–Crippen MR) is 218 cm³/mol. The summed E-state index contributed by atoms with van der Waals surface area (Å²) < 4.78 is 22.6. The maximum Gasteiger partial charge on any atom is 0.246 e. The van der Waals surface area contributed by atoms with Crippen molar-refractivity contribution >= 4 is 47.0 Å². The van der Waals surface area contributed by atoms with Gasteiger partial charge in [0.2, 0.25) is 11.8 Å². The summed E-state index contributed by atoms with van der Waals surface area (Å²) in [6, 6.07) is 24.8. The van der Waals surface area contributed by atoms with Crippen LogP contribution in [0.2, 0.25) is 0 Å². The van der Waals surface area contributed by atoms with Gasteiger partial charge >= 0.3 is 0 Å². The molecule has 0 aliphatic carbocycles. The van der Waals surface area contributed by atoms with Gasteiger partial charge in [0.1, 0.15) is 38.8 Å². The Balaban J connectivity index is 0.00000264. The van der Waals surface area contributed by atoms with Gasteiger partial charge in [0, 0.05) is 118 Å². The van der Waals surface area contributed by atoms with Gasteiger partial charge in [-0.05, 0) is 109 Å². The van der Waals surface area contributed by atoms with Crippen molar-refractivity contribution in [2.75, 3.05) is 31.0 Å². The molecule has 9 rings (SSSR count). The van der Waals surface area contributed by atoms with Gasteiger partial charge in [0.05, 0.1) is 25.1 Å². The van der Waals surface area contributed by atoms with Gasteiger partial charge in [0.15, 0.2) is 5.75 Å². The minimum Gasteiger partial charge on any atom is -0.493 e. The second-order valence-electron chi connectivity index (χ2n) is 15.2. The van der Waals surface area contributed by atoms with E-state index in [0.717, 1.165) is 50.3 Å². The maximum absolute atomic E-state index is 14.1. The van der Waals surface area contributed by atoms with Gasteiger partial charge in [-0.1, -0.05) is 42.5 Å². The number of hydrogen-bond donors (Lipinski definition) is 1. The van der Waals surface area contributed by atoms with E-state index < -0.39 is 0 Å². The van der Waals surface area contributed by atoms with Crippen molar-refractivity contribution in [3.05, 3.63) is 134 Å². The molecule has 0 unspecified atom stereocenters. The minimum absolute atomic E-state index is 0. The average Bonchev–Trinajstić information content (AvgIpc) is 3.72. The second kappa shape index (κ2) is 17.1. The summed E-state index contributed by atoms with van der Waals surface area (Å²) in [6.07, 6.45) is 8.39. The molecule has 4 heterocycles. The van der Waals surface area contributed by atoms with Crippen LogP contribution in [-0.2, 0) is 98.1 Å². The number of anilines is 2. The van der Waals surface area contributed by atoms with E-state index in [1.165, 1.54) is 0 Å². The molecule has 59 heavy (non-hydrogen) atoms. The molecule has 2 atom stereocenters. The Morgan fingerprint density at radius 2 is 1.12 bits per heavy atom. The first-order valence-electron chi connectivity index (χ1n) is 19.2. The van der Waals surface area contributed by atoms with Crippen LogP contribution in [0.5, 0.6) is 17.2 Å². The van der Waals surface area contributed by atoms with E-state index in [0.29, 0.717) is 58.2 Å². The van der Waals surface area contributed by atoms with Crippen LogP contribution in [-0.4, -0.2) is 71.8 Å². The van der Waals surface area contributed by atoms with Gasteiger partial charge in [-0.25, -0.2) is 0 Å². The Hall–Kier alpha value is -4.05. The molecule has 0 bridgehead atoms. The molecule has 294 valence electrons. The number of para-hydroxylation sites is 2. The molecule has 0 fully saturated rings.